The average Bonchev–Trinajstić information content (AvgIpc) is 2.04. The highest BCUT2D eigenvalue weighted by Crippen LogP contribution is 2.26. The van der Waals surface area contributed by atoms with E-state index in [4.69, 9.17) is 16.3 Å². The number of benzene rings is 1. The summed E-state index contributed by atoms with van der Waals surface area (Å²) in [6, 6.07) is 5.98. The third-order valence-electron chi connectivity index (χ3n) is 1.74. The molecule has 2 nitrogen and oxygen atoms in total. The molecule has 1 aromatic carbocycles. The van der Waals surface area contributed by atoms with Crippen LogP contribution < -0.4 is 10.5 Å². The molecule has 0 aromatic heterocycles. The summed E-state index contributed by atoms with van der Waals surface area (Å²) < 4.78 is 5.03. The highest BCUT2D eigenvalue weighted by molar-refractivity contribution is 6.32. The van der Waals surface area contributed by atoms with E-state index in [1.54, 1.807) is 7.11 Å². The van der Waals surface area contributed by atoms with Gasteiger partial charge in [0.1, 0.15) is 11.8 Å². The lowest BCUT2D eigenvalue weighted by atomic mass is 10.1. The van der Waals surface area contributed by atoms with Crippen LogP contribution in [0.5, 0.6) is 5.75 Å². The number of ether oxygens (including phenoxy) is 1. The molecule has 3 heteroatoms. The Labute approximate surface area is 77.3 Å². The van der Waals surface area contributed by atoms with E-state index in [1.165, 1.54) is 0 Å². The van der Waals surface area contributed by atoms with Crippen molar-refractivity contribution in [2.45, 2.75) is 13.0 Å². The van der Waals surface area contributed by atoms with Gasteiger partial charge >= 0.3 is 0 Å². The molecule has 0 heterocycles. The van der Waals surface area contributed by atoms with Crippen LogP contribution in [0.15, 0.2) is 18.2 Å². The van der Waals surface area contributed by atoms with Crippen molar-refractivity contribution in [3.05, 3.63) is 28.8 Å². The maximum atomic E-state index is 5.92. The summed E-state index contributed by atoms with van der Waals surface area (Å²) in [5, 5.41) is 0.644. The molecule has 0 fully saturated rings. The zero-order chi connectivity index (χ0) is 9.14. The van der Waals surface area contributed by atoms with Crippen LogP contribution >= 0.6 is 11.6 Å². The first-order chi connectivity index (χ1) is 5.65. The van der Waals surface area contributed by atoms with E-state index in [1.807, 2.05) is 25.1 Å². The molecule has 12 heavy (non-hydrogen) atoms. The third kappa shape index (κ3) is 1.90. The number of hydrogen-bond donors (Lipinski definition) is 1. The monoisotopic (exact) mass is 186 g/mol. The van der Waals surface area contributed by atoms with Crippen molar-refractivity contribution < 1.29 is 10.5 Å². The van der Waals surface area contributed by atoms with Gasteiger partial charge in [0, 0.05) is 5.56 Å². The predicted molar refractivity (Wildman–Crippen MR) is 49.3 cm³/mol. The lowest BCUT2D eigenvalue weighted by Crippen LogP contribution is -2.51. The molecule has 0 unspecified atom stereocenters. The Morgan fingerprint density at radius 2 is 2.17 bits per heavy atom. The maximum absolute atomic E-state index is 5.92. The molecule has 0 aliphatic rings. The molecule has 0 amide bonds. The summed E-state index contributed by atoms with van der Waals surface area (Å²) in [7, 11) is 1.61. The van der Waals surface area contributed by atoms with Gasteiger partial charge in [-0.3, -0.25) is 0 Å². The van der Waals surface area contributed by atoms with Crippen molar-refractivity contribution >= 4 is 11.6 Å². The molecular formula is C9H13ClNO+. The number of quaternary nitrogens is 1. The highest BCUT2D eigenvalue weighted by atomic mass is 35.5. The van der Waals surface area contributed by atoms with E-state index >= 15 is 0 Å². The predicted octanol–water partition coefficient (Wildman–Crippen LogP) is 1.65. The molecule has 0 saturated heterocycles. The van der Waals surface area contributed by atoms with Gasteiger partial charge < -0.3 is 10.5 Å². The van der Waals surface area contributed by atoms with Crippen molar-refractivity contribution in [2.75, 3.05) is 7.11 Å². The van der Waals surface area contributed by atoms with Gasteiger partial charge in [0.15, 0.2) is 0 Å². The SMILES string of the molecule is COc1ccc([C@H](C)[NH3+])cc1Cl. The van der Waals surface area contributed by atoms with Gasteiger partial charge in [-0.15, -0.1) is 0 Å². The fourth-order valence-corrected chi connectivity index (χ4v) is 1.26. The molecular weight excluding hydrogens is 174 g/mol. The van der Waals surface area contributed by atoms with Crippen molar-refractivity contribution in [3.63, 3.8) is 0 Å². The standard InChI is InChI=1S/C9H12ClNO/c1-6(11)7-3-4-9(12-2)8(10)5-7/h3-6H,11H2,1-2H3/p+1/t6-/m0/s1. The van der Waals surface area contributed by atoms with Gasteiger partial charge in [0.2, 0.25) is 0 Å². The van der Waals surface area contributed by atoms with Crippen LogP contribution in [0, 0.1) is 0 Å². The van der Waals surface area contributed by atoms with E-state index in [0.717, 1.165) is 5.56 Å². The first-order valence-electron chi connectivity index (χ1n) is 3.81. The first-order valence-corrected chi connectivity index (χ1v) is 4.19. The largest absolute Gasteiger partial charge is 0.495 e. The summed E-state index contributed by atoms with van der Waals surface area (Å²) in [6.07, 6.45) is 0. The summed E-state index contributed by atoms with van der Waals surface area (Å²) in [5.41, 5.74) is 5.03. The topological polar surface area (TPSA) is 36.9 Å². The first kappa shape index (κ1) is 9.36. The minimum atomic E-state index is 0.258. The Balaban J connectivity index is 3.02. The summed E-state index contributed by atoms with van der Waals surface area (Å²) in [5.74, 6) is 0.709. The Morgan fingerprint density at radius 3 is 2.58 bits per heavy atom. The van der Waals surface area contributed by atoms with E-state index < -0.39 is 0 Å². The Kier molecular flexibility index (Phi) is 2.95. The average molecular weight is 187 g/mol. The van der Waals surface area contributed by atoms with E-state index in [-0.39, 0.29) is 6.04 Å². The highest BCUT2D eigenvalue weighted by Gasteiger charge is 2.06. The van der Waals surface area contributed by atoms with Crippen LogP contribution in [-0.4, -0.2) is 7.11 Å². The quantitative estimate of drug-likeness (QED) is 0.750. The molecule has 1 rings (SSSR count). The molecule has 66 valence electrons. The molecule has 0 radical (unpaired) electrons. The zero-order valence-electron chi connectivity index (χ0n) is 7.30. The Morgan fingerprint density at radius 1 is 1.50 bits per heavy atom. The number of methoxy groups -OCH3 is 1. The fourth-order valence-electron chi connectivity index (χ4n) is 0.989. The van der Waals surface area contributed by atoms with Gasteiger partial charge in [-0.1, -0.05) is 11.6 Å². The lowest BCUT2D eigenvalue weighted by Gasteiger charge is -2.06. The Bertz CT molecular complexity index is 273. The van der Waals surface area contributed by atoms with Gasteiger partial charge in [0.05, 0.1) is 12.1 Å². The Hall–Kier alpha value is -0.730. The van der Waals surface area contributed by atoms with Crippen molar-refractivity contribution in [3.8, 4) is 5.75 Å². The number of hydrogen-bond acceptors (Lipinski definition) is 1. The van der Waals surface area contributed by atoms with E-state index in [9.17, 15) is 0 Å². The summed E-state index contributed by atoms with van der Waals surface area (Å²) >= 11 is 5.92. The van der Waals surface area contributed by atoms with Crippen molar-refractivity contribution in [1.29, 1.82) is 0 Å². The smallest absolute Gasteiger partial charge is 0.137 e. The second kappa shape index (κ2) is 3.78. The number of halogens is 1. The summed E-state index contributed by atoms with van der Waals surface area (Å²) in [6.45, 7) is 2.03. The molecule has 1 atom stereocenters. The van der Waals surface area contributed by atoms with Gasteiger partial charge in [-0.2, -0.15) is 0 Å². The normalized spacial score (nSPS) is 12.7. The second-order valence-corrected chi connectivity index (χ2v) is 3.20. The lowest BCUT2D eigenvalue weighted by molar-refractivity contribution is -0.420. The maximum Gasteiger partial charge on any atom is 0.137 e. The fraction of sp³-hybridized carbons (Fsp3) is 0.333. The molecule has 3 N–H and O–H groups in total. The summed E-state index contributed by atoms with van der Waals surface area (Å²) in [4.78, 5) is 0. The minimum Gasteiger partial charge on any atom is -0.495 e. The van der Waals surface area contributed by atoms with E-state index in [2.05, 4.69) is 5.73 Å². The van der Waals surface area contributed by atoms with Crippen molar-refractivity contribution in [1.82, 2.24) is 0 Å². The van der Waals surface area contributed by atoms with Crippen LogP contribution in [0.3, 0.4) is 0 Å². The van der Waals surface area contributed by atoms with Crippen LogP contribution in [0.1, 0.15) is 18.5 Å². The van der Waals surface area contributed by atoms with Crippen LogP contribution in [-0.2, 0) is 0 Å². The molecule has 0 saturated carbocycles. The zero-order valence-corrected chi connectivity index (χ0v) is 8.06. The molecule has 0 aliphatic heterocycles. The second-order valence-electron chi connectivity index (χ2n) is 2.80. The van der Waals surface area contributed by atoms with Crippen LogP contribution in [0.2, 0.25) is 5.02 Å². The van der Waals surface area contributed by atoms with Crippen LogP contribution in [0.4, 0.5) is 0 Å². The van der Waals surface area contributed by atoms with Gasteiger partial charge in [0.25, 0.3) is 0 Å². The van der Waals surface area contributed by atoms with Crippen LogP contribution in [0.25, 0.3) is 0 Å². The van der Waals surface area contributed by atoms with Gasteiger partial charge in [-0.05, 0) is 25.1 Å². The molecule has 0 bridgehead atoms. The molecule has 0 spiro atoms. The third-order valence-corrected chi connectivity index (χ3v) is 2.04. The van der Waals surface area contributed by atoms with E-state index in [0.29, 0.717) is 10.8 Å². The number of rotatable bonds is 2. The van der Waals surface area contributed by atoms with Crippen molar-refractivity contribution in [2.24, 2.45) is 0 Å². The van der Waals surface area contributed by atoms with Gasteiger partial charge in [-0.25, -0.2) is 0 Å². The minimum absolute atomic E-state index is 0.258. The molecule has 1 aromatic rings. The molecule has 0 aliphatic carbocycles.